The molecule has 6 nitrogen and oxygen atoms in total. The zero-order valence-corrected chi connectivity index (χ0v) is 23.9. The molecular formula is C36H32N4O2. The molecule has 0 spiro atoms. The van der Waals surface area contributed by atoms with Crippen LogP contribution in [0.3, 0.4) is 0 Å². The van der Waals surface area contributed by atoms with Crippen LogP contribution in [0, 0.1) is 0 Å². The van der Waals surface area contributed by atoms with Crippen LogP contribution in [0.2, 0.25) is 0 Å². The van der Waals surface area contributed by atoms with Gasteiger partial charge in [-0.15, -0.1) is 0 Å². The highest BCUT2D eigenvalue weighted by Crippen LogP contribution is 2.38. The lowest BCUT2D eigenvalue weighted by atomic mass is 9.98. The van der Waals surface area contributed by atoms with Gasteiger partial charge in [0.05, 0.1) is 17.0 Å². The standard InChI is InChI=1S/C36H32N4O2/c1-39(2)23-24-16-19-28(20-17-24)37-34(26-11-5-4-6-12-26)33-30-22-27(18-21-31(30)38-35(33)41)36(42)40(3)32-15-9-13-25-10-7-8-14-29(25)32/h4-22,37H,23H2,1-3H3,(H,38,41)/b34-33-. The largest absolute Gasteiger partial charge is 0.354 e. The summed E-state index contributed by atoms with van der Waals surface area (Å²) in [5.41, 5.74) is 6.80. The number of carbonyl (C=O) groups is 2. The molecule has 6 rings (SSSR count). The minimum Gasteiger partial charge on any atom is -0.354 e. The number of anilines is 3. The van der Waals surface area contributed by atoms with Crippen molar-refractivity contribution in [3.8, 4) is 0 Å². The maximum absolute atomic E-state index is 13.8. The summed E-state index contributed by atoms with van der Waals surface area (Å²) in [6.07, 6.45) is 0. The van der Waals surface area contributed by atoms with E-state index < -0.39 is 0 Å². The molecule has 5 aromatic carbocycles. The molecule has 0 saturated heterocycles. The van der Waals surface area contributed by atoms with E-state index in [0.29, 0.717) is 28.1 Å². The predicted octanol–water partition coefficient (Wildman–Crippen LogP) is 7.11. The number of amides is 2. The average Bonchev–Trinajstić information content (AvgIpc) is 3.34. The van der Waals surface area contributed by atoms with Crippen LogP contribution in [0.1, 0.15) is 27.0 Å². The number of hydrogen-bond acceptors (Lipinski definition) is 4. The zero-order chi connectivity index (χ0) is 29.2. The zero-order valence-electron chi connectivity index (χ0n) is 23.9. The van der Waals surface area contributed by atoms with Crippen molar-refractivity contribution in [1.82, 2.24) is 4.90 Å². The molecule has 1 aliphatic heterocycles. The summed E-state index contributed by atoms with van der Waals surface area (Å²) in [5, 5.41) is 8.58. The van der Waals surface area contributed by atoms with Crippen molar-refractivity contribution in [2.45, 2.75) is 6.54 Å². The van der Waals surface area contributed by atoms with Crippen LogP contribution in [-0.2, 0) is 11.3 Å². The highest BCUT2D eigenvalue weighted by molar-refractivity contribution is 6.37. The monoisotopic (exact) mass is 552 g/mol. The Balaban J connectivity index is 1.41. The van der Waals surface area contributed by atoms with Crippen LogP contribution >= 0.6 is 0 Å². The summed E-state index contributed by atoms with van der Waals surface area (Å²) in [7, 11) is 5.87. The fourth-order valence-corrected chi connectivity index (χ4v) is 5.44. The first-order valence-electron chi connectivity index (χ1n) is 13.9. The maximum Gasteiger partial charge on any atom is 0.258 e. The molecule has 0 unspecified atom stereocenters. The fourth-order valence-electron chi connectivity index (χ4n) is 5.44. The van der Waals surface area contributed by atoms with Crippen molar-refractivity contribution in [3.05, 3.63) is 138 Å². The molecule has 0 saturated carbocycles. The SMILES string of the molecule is CN(C)Cc1ccc(N/C(=C2\C(=O)Nc3ccc(C(=O)N(C)c4cccc5ccccc45)cc32)c2ccccc2)cc1. The van der Waals surface area contributed by atoms with E-state index in [2.05, 4.69) is 27.7 Å². The van der Waals surface area contributed by atoms with Gasteiger partial charge < -0.3 is 20.4 Å². The van der Waals surface area contributed by atoms with Crippen LogP contribution < -0.4 is 15.5 Å². The van der Waals surface area contributed by atoms with Crippen LogP contribution in [0.25, 0.3) is 22.0 Å². The van der Waals surface area contributed by atoms with Gasteiger partial charge >= 0.3 is 0 Å². The molecule has 42 heavy (non-hydrogen) atoms. The molecule has 0 aliphatic carbocycles. The summed E-state index contributed by atoms with van der Waals surface area (Å²) in [5.74, 6) is -0.369. The molecule has 2 amide bonds. The lowest BCUT2D eigenvalue weighted by molar-refractivity contribution is -0.110. The first kappa shape index (κ1) is 27.0. The van der Waals surface area contributed by atoms with Crippen molar-refractivity contribution in [2.75, 3.05) is 36.7 Å². The molecule has 5 aromatic rings. The lowest BCUT2D eigenvalue weighted by Gasteiger charge is -2.20. The number of hydrogen-bond donors (Lipinski definition) is 2. The number of nitrogens with zero attached hydrogens (tertiary/aromatic N) is 2. The van der Waals surface area contributed by atoms with E-state index in [-0.39, 0.29) is 11.8 Å². The lowest BCUT2D eigenvalue weighted by Crippen LogP contribution is -2.26. The van der Waals surface area contributed by atoms with Gasteiger partial charge in [0, 0.05) is 41.5 Å². The summed E-state index contributed by atoms with van der Waals surface area (Å²) in [6.45, 7) is 0.840. The quantitative estimate of drug-likeness (QED) is 0.211. The van der Waals surface area contributed by atoms with Gasteiger partial charge in [-0.05, 0) is 67.0 Å². The summed E-state index contributed by atoms with van der Waals surface area (Å²) in [6, 6.07) is 37.4. The van der Waals surface area contributed by atoms with E-state index in [4.69, 9.17) is 0 Å². The molecule has 2 N–H and O–H groups in total. The molecule has 6 heteroatoms. The summed E-state index contributed by atoms with van der Waals surface area (Å²) >= 11 is 0. The van der Waals surface area contributed by atoms with Crippen molar-refractivity contribution >= 4 is 50.9 Å². The molecule has 0 aromatic heterocycles. The Bertz CT molecular complexity index is 1820. The Kier molecular flexibility index (Phi) is 7.30. The highest BCUT2D eigenvalue weighted by Gasteiger charge is 2.30. The van der Waals surface area contributed by atoms with Gasteiger partial charge in [0.15, 0.2) is 0 Å². The Morgan fingerprint density at radius 3 is 2.24 bits per heavy atom. The number of rotatable bonds is 7. The Morgan fingerprint density at radius 2 is 1.48 bits per heavy atom. The normalized spacial score (nSPS) is 13.6. The van der Waals surface area contributed by atoms with Crippen molar-refractivity contribution in [3.63, 3.8) is 0 Å². The van der Waals surface area contributed by atoms with Crippen LogP contribution in [0.5, 0.6) is 0 Å². The third kappa shape index (κ3) is 5.28. The molecule has 0 atom stereocenters. The third-order valence-electron chi connectivity index (χ3n) is 7.48. The molecule has 1 aliphatic rings. The molecule has 0 radical (unpaired) electrons. The van der Waals surface area contributed by atoms with Gasteiger partial charge in [-0.25, -0.2) is 0 Å². The van der Waals surface area contributed by atoms with E-state index in [1.807, 2.05) is 111 Å². The average molecular weight is 553 g/mol. The minimum atomic E-state index is -0.215. The van der Waals surface area contributed by atoms with Gasteiger partial charge in [0.1, 0.15) is 0 Å². The van der Waals surface area contributed by atoms with E-state index in [9.17, 15) is 9.59 Å². The third-order valence-corrected chi connectivity index (χ3v) is 7.48. The second-order valence-corrected chi connectivity index (χ2v) is 10.8. The first-order valence-corrected chi connectivity index (χ1v) is 13.9. The van der Waals surface area contributed by atoms with Crippen molar-refractivity contribution < 1.29 is 9.59 Å². The fraction of sp³-hybridized carbons (Fsp3) is 0.111. The molecule has 0 fully saturated rings. The topological polar surface area (TPSA) is 64.7 Å². The van der Waals surface area contributed by atoms with Gasteiger partial charge in [-0.3, -0.25) is 9.59 Å². The molecule has 1 heterocycles. The molecule has 0 bridgehead atoms. The van der Waals surface area contributed by atoms with Crippen LogP contribution in [-0.4, -0.2) is 37.9 Å². The van der Waals surface area contributed by atoms with Crippen molar-refractivity contribution in [2.24, 2.45) is 0 Å². The minimum absolute atomic E-state index is 0.154. The van der Waals surface area contributed by atoms with E-state index in [1.165, 1.54) is 5.56 Å². The first-order chi connectivity index (χ1) is 20.4. The number of nitrogens with one attached hydrogen (secondary N) is 2. The van der Waals surface area contributed by atoms with Gasteiger partial charge in [0.2, 0.25) is 0 Å². The Hall–Kier alpha value is -5.20. The summed E-state index contributed by atoms with van der Waals surface area (Å²) in [4.78, 5) is 31.1. The van der Waals surface area contributed by atoms with E-state index in [0.717, 1.165) is 34.3 Å². The Labute approximate surface area is 245 Å². The predicted molar refractivity (Wildman–Crippen MR) is 172 cm³/mol. The summed E-state index contributed by atoms with van der Waals surface area (Å²) < 4.78 is 0. The molecular weight excluding hydrogens is 520 g/mol. The molecule has 208 valence electrons. The second kappa shape index (κ2) is 11.4. The smallest absolute Gasteiger partial charge is 0.258 e. The van der Waals surface area contributed by atoms with Crippen molar-refractivity contribution in [1.29, 1.82) is 0 Å². The number of fused-ring (bicyclic) bond motifs is 2. The highest BCUT2D eigenvalue weighted by atomic mass is 16.2. The Morgan fingerprint density at radius 1 is 0.762 bits per heavy atom. The van der Waals surface area contributed by atoms with Gasteiger partial charge in [-0.2, -0.15) is 0 Å². The van der Waals surface area contributed by atoms with Gasteiger partial charge in [-0.1, -0.05) is 78.9 Å². The van der Waals surface area contributed by atoms with E-state index in [1.54, 1.807) is 18.0 Å². The number of carbonyl (C=O) groups excluding carboxylic acids is 2. The van der Waals surface area contributed by atoms with Crippen LogP contribution in [0.15, 0.2) is 115 Å². The van der Waals surface area contributed by atoms with E-state index >= 15 is 0 Å². The maximum atomic E-state index is 13.8. The van der Waals surface area contributed by atoms with Gasteiger partial charge in [0.25, 0.3) is 11.8 Å². The number of benzene rings is 5. The van der Waals surface area contributed by atoms with Crippen LogP contribution in [0.4, 0.5) is 17.1 Å². The second-order valence-electron chi connectivity index (χ2n) is 10.8.